The molecule has 57 heavy (non-hydrogen) atoms. The number of methoxy groups -OCH3 is 2. The van der Waals surface area contributed by atoms with Crippen molar-refractivity contribution in [1.82, 2.24) is 4.98 Å². The van der Waals surface area contributed by atoms with E-state index in [1.165, 1.54) is 21.9 Å². The van der Waals surface area contributed by atoms with E-state index in [-0.39, 0.29) is 10.8 Å². The first-order valence-corrected chi connectivity index (χ1v) is 19.7. The van der Waals surface area contributed by atoms with Gasteiger partial charge in [0, 0.05) is 28.0 Å². The quantitative estimate of drug-likeness (QED) is 0.168. The molecule has 0 saturated carbocycles. The highest BCUT2D eigenvalue weighted by Gasteiger charge is 2.27. The van der Waals surface area contributed by atoms with Gasteiger partial charge in [0.25, 0.3) is 0 Å². The first kappa shape index (κ1) is 37.5. The molecule has 284 valence electrons. The summed E-state index contributed by atoms with van der Waals surface area (Å²) in [7, 11) is 3.39. The number of aromatic nitrogens is 1. The highest BCUT2D eigenvalue weighted by atomic mass is 16.5. The number of rotatable bonds is 8. The summed E-state index contributed by atoms with van der Waals surface area (Å²) >= 11 is 0. The minimum Gasteiger partial charge on any atom is -0.497 e. The van der Waals surface area contributed by atoms with Crippen LogP contribution >= 0.6 is 0 Å². The summed E-state index contributed by atoms with van der Waals surface area (Å²) in [5.41, 5.74) is 15.1. The van der Waals surface area contributed by atoms with Gasteiger partial charge < -0.3 is 14.5 Å². The number of aliphatic imine (C=N–C) groups is 1. The summed E-state index contributed by atoms with van der Waals surface area (Å²) in [4.78, 5) is 9.55. The molecule has 1 aromatic heterocycles. The largest absolute Gasteiger partial charge is 0.497 e. The van der Waals surface area contributed by atoms with E-state index in [9.17, 15) is 0 Å². The second kappa shape index (κ2) is 14.9. The van der Waals surface area contributed by atoms with Gasteiger partial charge in [-0.2, -0.15) is 0 Å². The molecule has 0 saturated heterocycles. The maximum Gasteiger partial charge on any atom is 0.118 e. The molecule has 0 atom stereocenters. The molecule has 6 aromatic carbocycles. The summed E-state index contributed by atoms with van der Waals surface area (Å²) in [6, 6.07) is 52.1. The maximum atomic E-state index is 5.59. The van der Waals surface area contributed by atoms with Crippen molar-refractivity contribution in [2.75, 3.05) is 14.2 Å². The van der Waals surface area contributed by atoms with Gasteiger partial charge in [-0.1, -0.05) is 139 Å². The molecule has 4 nitrogen and oxygen atoms in total. The summed E-state index contributed by atoms with van der Waals surface area (Å²) in [6.07, 6.45) is 2.22. The van der Waals surface area contributed by atoms with E-state index < -0.39 is 0 Å². The van der Waals surface area contributed by atoms with E-state index in [0.717, 1.165) is 78.8 Å². The van der Waals surface area contributed by atoms with Crippen LogP contribution in [0.1, 0.15) is 75.1 Å². The van der Waals surface area contributed by atoms with Gasteiger partial charge in [0.1, 0.15) is 11.5 Å². The van der Waals surface area contributed by atoms with Gasteiger partial charge in [-0.25, -0.2) is 4.99 Å². The third kappa shape index (κ3) is 7.60. The van der Waals surface area contributed by atoms with Crippen molar-refractivity contribution in [1.29, 1.82) is 0 Å². The Kier molecular flexibility index (Phi) is 9.83. The van der Waals surface area contributed by atoms with E-state index in [4.69, 9.17) is 14.5 Å². The molecule has 0 aliphatic carbocycles. The molecular formula is C53H50N2O2. The molecule has 0 bridgehead atoms. The number of benzene rings is 6. The SMILES string of the molecule is COc1ccc(C2=CC(c3ccc(OC)cc3)=N/C2=C(/c2ccc3ccccc3c2)c2[nH]c(-c3ccc(C(C)(C)C)cc3)cc2-c2ccc(C(C)(C)C)cc2)cc1. The number of ether oxygens (including phenoxy) is 2. The molecule has 8 rings (SSSR count). The van der Waals surface area contributed by atoms with Crippen LogP contribution in [0.4, 0.5) is 0 Å². The Morgan fingerprint density at radius 1 is 0.526 bits per heavy atom. The van der Waals surface area contributed by atoms with Crippen molar-refractivity contribution in [3.8, 4) is 33.9 Å². The third-order valence-corrected chi connectivity index (χ3v) is 11.0. The lowest BCUT2D eigenvalue weighted by Gasteiger charge is -2.19. The Hall–Kier alpha value is -6.39. The third-order valence-electron chi connectivity index (χ3n) is 11.0. The van der Waals surface area contributed by atoms with Gasteiger partial charge in [0.05, 0.1) is 31.3 Å². The van der Waals surface area contributed by atoms with Crippen LogP contribution in [0.2, 0.25) is 0 Å². The monoisotopic (exact) mass is 746 g/mol. The van der Waals surface area contributed by atoms with Crippen molar-refractivity contribution < 1.29 is 9.47 Å². The highest BCUT2D eigenvalue weighted by Crippen LogP contribution is 2.44. The average Bonchev–Trinajstić information content (AvgIpc) is 3.86. The predicted octanol–water partition coefficient (Wildman–Crippen LogP) is 13.5. The molecule has 1 N–H and O–H groups in total. The Morgan fingerprint density at radius 2 is 1.05 bits per heavy atom. The van der Waals surface area contributed by atoms with Crippen molar-refractivity contribution in [2.24, 2.45) is 4.99 Å². The van der Waals surface area contributed by atoms with Crippen LogP contribution in [-0.4, -0.2) is 24.9 Å². The van der Waals surface area contributed by atoms with Crippen molar-refractivity contribution in [3.05, 3.63) is 191 Å². The Balaban J connectivity index is 1.44. The maximum absolute atomic E-state index is 5.59. The molecular weight excluding hydrogens is 697 g/mol. The fourth-order valence-electron chi connectivity index (χ4n) is 7.59. The van der Waals surface area contributed by atoms with Gasteiger partial charge in [-0.15, -0.1) is 0 Å². The van der Waals surface area contributed by atoms with E-state index in [2.05, 4.69) is 174 Å². The molecule has 0 amide bonds. The van der Waals surface area contributed by atoms with Crippen molar-refractivity contribution in [2.45, 2.75) is 52.4 Å². The first-order valence-electron chi connectivity index (χ1n) is 19.7. The molecule has 1 aliphatic rings. The Labute approximate surface area is 337 Å². The number of fused-ring (bicyclic) bond motifs is 1. The lowest BCUT2D eigenvalue weighted by molar-refractivity contribution is 0.414. The Morgan fingerprint density at radius 3 is 1.61 bits per heavy atom. The zero-order valence-electron chi connectivity index (χ0n) is 34.2. The van der Waals surface area contributed by atoms with Crippen LogP contribution in [0, 0.1) is 0 Å². The molecule has 2 heterocycles. The molecule has 0 radical (unpaired) electrons. The first-order chi connectivity index (χ1) is 27.4. The summed E-state index contributed by atoms with van der Waals surface area (Å²) in [5, 5.41) is 2.36. The molecule has 0 spiro atoms. The van der Waals surface area contributed by atoms with Gasteiger partial charge in [0.2, 0.25) is 0 Å². The number of hydrogen-bond donors (Lipinski definition) is 1. The van der Waals surface area contributed by atoms with Crippen LogP contribution in [0.3, 0.4) is 0 Å². The molecule has 0 unspecified atom stereocenters. The van der Waals surface area contributed by atoms with Gasteiger partial charge in [0.15, 0.2) is 0 Å². The van der Waals surface area contributed by atoms with Crippen LogP contribution in [0.5, 0.6) is 11.5 Å². The second-order valence-corrected chi connectivity index (χ2v) is 16.9. The summed E-state index contributed by atoms with van der Waals surface area (Å²) in [5.74, 6) is 1.61. The predicted molar refractivity (Wildman–Crippen MR) is 240 cm³/mol. The molecule has 0 fully saturated rings. The molecule has 4 heteroatoms. The lowest BCUT2D eigenvalue weighted by atomic mass is 9.85. The van der Waals surface area contributed by atoms with Gasteiger partial charge >= 0.3 is 0 Å². The van der Waals surface area contributed by atoms with Crippen molar-refractivity contribution in [3.63, 3.8) is 0 Å². The normalized spacial score (nSPS) is 14.0. The zero-order chi connectivity index (χ0) is 39.9. The molecule has 7 aromatic rings. The summed E-state index contributed by atoms with van der Waals surface area (Å²) in [6.45, 7) is 13.6. The standard InChI is InChI=1S/C53H50N2O2/c1-52(2,3)41-23-15-35(16-24-41)45-32-47(37-17-25-42(26-18-37)53(4,5)6)54-50(45)49(40-14-13-34-11-9-10-12-39(34)31-40)51-46(36-19-27-43(56-7)28-20-36)33-48(55-51)38-21-29-44(57-8)30-22-38/h9-33,54H,1-8H3/b51-49-. The number of nitrogens with zero attached hydrogens (tertiary/aromatic N) is 1. The average molecular weight is 747 g/mol. The van der Waals surface area contributed by atoms with Gasteiger partial charge in [-0.3, -0.25) is 0 Å². The zero-order valence-corrected chi connectivity index (χ0v) is 34.2. The number of nitrogens with one attached hydrogen (secondary N) is 1. The number of aromatic amines is 1. The van der Waals surface area contributed by atoms with Crippen LogP contribution in [0.15, 0.2) is 162 Å². The lowest BCUT2D eigenvalue weighted by Crippen LogP contribution is -2.10. The minimum absolute atomic E-state index is 0.0339. The fourth-order valence-corrected chi connectivity index (χ4v) is 7.59. The number of hydrogen-bond acceptors (Lipinski definition) is 3. The smallest absolute Gasteiger partial charge is 0.118 e. The van der Waals surface area contributed by atoms with Gasteiger partial charge in [-0.05, 0) is 110 Å². The van der Waals surface area contributed by atoms with E-state index in [1.54, 1.807) is 14.2 Å². The van der Waals surface area contributed by atoms with Crippen LogP contribution in [0.25, 0.3) is 44.3 Å². The van der Waals surface area contributed by atoms with E-state index in [1.807, 2.05) is 24.3 Å². The van der Waals surface area contributed by atoms with Crippen LogP contribution in [-0.2, 0) is 10.8 Å². The van der Waals surface area contributed by atoms with E-state index in [0.29, 0.717) is 0 Å². The topological polar surface area (TPSA) is 46.6 Å². The summed E-state index contributed by atoms with van der Waals surface area (Å²) < 4.78 is 11.1. The number of H-pyrrole nitrogens is 1. The minimum atomic E-state index is 0.0339. The fraction of sp³-hybridized carbons (Fsp3) is 0.189. The highest BCUT2D eigenvalue weighted by molar-refractivity contribution is 6.20. The molecule has 1 aliphatic heterocycles. The Bertz CT molecular complexity index is 2660. The second-order valence-electron chi connectivity index (χ2n) is 16.9. The van der Waals surface area contributed by atoms with Crippen LogP contribution < -0.4 is 9.47 Å². The van der Waals surface area contributed by atoms with Crippen molar-refractivity contribution >= 4 is 27.6 Å². The number of allylic oxidation sites excluding steroid dienone is 2. The van der Waals surface area contributed by atoms with E-state index >= 15 is 0 Å².